The van der Waals surface area contributed by atoms with E-state index < -0.39 is 17.7 Å². The predicted molar refractivity (Wildman–Crippen MR) is 99.5 cm³/mol. The van der Waals surface area contributed by atoms with Crippen molar-refractivity contribution < 1.29 is 27.8 Å². The van der Waals surface area contributed by atoms with Gasteiger partial charge in [0.15, 0.2) is 11.5 Å². The highest BCUT2D eigenvalue weighted by atomic mass is 35.5. The number of halogens is 3. The number of hydrogen-bond donors (Lipinski definition) is 0. The van der Waals surface area contributed by atoms with E-state index in [-0.39, 0.29) is 25.0 Å². The van der Waals surface area contributed by atoms with Crippen LogP contribution >= 0.6 is 11.6 Å². The van der Waals surface area contributed by atoms with Crippen LogP contribution in [0.5, 0.6) is 11.5 Å². The van der Waals surface area contributed by atoms with Gasteiger partial charge in [0.05, 0.1) is 30.8 Å². The molecule has 5 nitrogen and oxygen atoms in total. The van der Waals surface area contributed by atoms with Gasteiger partial charge in [-0.1, -0.05) is 11.6 Å². The van der Waals surface area contributed by atoms with E-state index in [2.05, 4.69) is 0 Å². The van der Waals surface area contributed by atoms with E-state index in [4.69, 9.17) is 25.8 Å². The Morgan fingerprint density at radius 3 is 2.39 bits per heavy atom. The van der Waals surface area contributed by atoms with Crippen molar-refractivity contribution in [3.63, 3.8) is 0 Å². The molecule has 0 radical (unpaired) electrons. The first kappa shape index (κ1) is 19.7. The highest BCUT2D eigenvalue weighted by Crippen LogP contribution is 2.52. The number of nitrogens with zero attached hydrogens (tertiary/aromatic N) is 1. The molecule has 2 aliphatic heterocycles. The van der Waals surface area contributed by atoms with Crippen LogP contribution in [0.1, 0.15) is 48.5 Å². The Morgan fingerprint density at radius 2 is 1.82 bits per heavy atom. The number of carbonyl (C=O) groups is 1. The number of ether oxygens (including phenoxy) is 3. The van der Waals surface area contributed by atoms with Crippen LogP contribution in [0.25, 0.3) is 0 Å². The number of alkyl halides is 2. The Bertz CT molecular complexity index is 802. The molecule has 0 N–H and O–H groups in total. The highest BCUT2D eigenvalue weighted by molar-refractivity contribution is 6.32. The molecular weight excluding hydrogens is 392 g/mol. The number of hydrogen-bond acceptors (Lipinski definition) is 5. The summed E-state index contributed by atoms with van der Waals surface area (Å²) in [4.78, 5) is 13.9. The third-order valence-corrected chi connectivity index (χ3v) is 6.56. The van der Waals surface area contributed by atoms with Crippen molar-refractivity contribution in [1.82, 2.24) is 4.90 Å². The van der Waals surface area contributed by atoms with E-state index in [1.54, 1.807) is 6.92 Å². The maximum Gasteiger partial charge on any atom is 0.338 e. The van der Waals surface area contributed by atoms with Gasteiger partial charge >= 0.3 is 5.97 Å². The molecule has 0 aromatic heterocycles. The van der Waals surface area contributed by atoms with Crippen LogP contribution in [0, 0.1) is 12.8 Å². The summed E-state index contributed by atoms with van der Waals surface area (Å²) in [6, 6.07) is 1.73. The number of rotatable bonds is 3. The third kappa shape index (κ3) is 3.22. The molecule has 1 saturated carbocycles. The average Bonchev–Trinajstić information content (AvgIpc) is 3.02. The first-order valence-electron chi connectivity index (χ1n) is 9.55. The molecule has 4 rings (SSSR count). The minimum atomic E-state index is -2.53. The van der Waals surface area contributed by atoms with Gasteiger partial charge in [0, 0.05) is 24.4 Å². The van der Waals surface area contributed by atoms with Gasteiger partial charge in [0.1, 0.15) is 0 Å². The van der Waals surface area contributed by atoms with Gasteiger partial charge in [0.25, 0.3) is 11.7 Å². The summed E-state index contributed by atoms with van der Waals surface area (Å²) >= 11 is 6.34. The highest BCUT2D eigenvalue weighted by Gasteiger charge is 2.51. The van der Waals surface area contributed by atoms with Gasteiger partial charge in [-0.25, -0.2) is 13.6 Å². The van der Waals surface area contributed by atoms with Crippen molar-refractivity contribution in [3.05, 3.63) is 22.2 Å². The van der Waals surface area contributed by atoms with E-state index in [0.29, 0.717) is 27.6 Å². The topological polar surface area (TPSA) is 48.0 Å². The van der Waals surface area contributed by atoms with E-state index in [1.807, 2.05) is 11.8 Å². The number of esters is 1. The Morgan fingerprint density at radius 1 is 1.21 bits per heavy atom. The Balaban J connectivity index is 1.47. The van der Waals surface area contributed by atoms with Crippen LogP contribution in [0.4, 0.5) is 8.78 Å². The summed E-state index contributed by atoms with van der Waals surface area (Å²) in [5.41, 5.74) is 0.980. The minimum absolute atomic E-state index is 0.106. The van der Waals surface area contributed by atoms with Gasteiger partial charge in [-0.05, 0) is 38.7 Å². The minimum Gasteiger partial charge on any atom is -0.465 e. The molecule has 0 bridgehead atoms. The number of fused-ring (bicyclic) bond motifs is 1. The van der Waals surface area contributed by atoms with Gasteiger partial charge < -0.3 is 14.2 Å². The second-order valence-electron chi connectivity index (χ2n) is 8.17. The van der Waals surface area contributed by atoms with E-state index in [0.717, 1.165) is 25.7 Å². The monoisotopic (exact) mass is 415 g/mol. The molecule has 0 amide bonds. The third-order valence-electron chi connectivity index (χ3n) is 6.28. The zero-order valence-electron chi connectivity index (χ0n) is 16.2. The molecule has 0 spiro atoms. The van der Waals surface area contributed by atoms with Crippen molar-refractivity contribution >= 4 is 17.6 Å². The smallest absolute Gasteiger partial charge is 0.338 e. The van der Waals surface area contributed by atoms with E-state index in [1.165, 1.54) is 13.2 Å². The van der Waals surface area contributed by atoms with Crippen LogP contribution in [0.2, 0.25) is 5.02 Å². The van der Waals surface area contributed by atoms with Crippen LogP contribution < -0.4 is 9.47 Å². The first-order valence-corrected chi connectivity index (χ1v) is 9.92. The zero-order valence-corrected chi connectivity index (χ0v) is 16.9. The molecule has 1 aromatic rings. The van der Waals surface area contributed by atoms with Crippen molar-refractivity contribution in [1.29, 1.82) is 0 Å². The van der Waals surface area contributed by atoms with Crippen LogP contribution in [0.3, 0.4) is 0 Å². The Labute approximate surface area is 167 Å². The van der Waals surface area contributed by atoms with Gasteiger partial charge in [-0.3, -0.25) is 4.90 Å². The summed E-state index contributed by atoms with van der Waals surface area (Å²) < 4.78 is 43.4. The van der Waals surface area contributed by atoms with Gasteiger partial charge in [-0.2, -0.15) is 0 Å². The van der Waals surface area contributed by atoms with Crippen molar-refractivity contribution in [3.8, 4) is 11.5 Å². The molecule has 0 unspecified atom stereocenters. The van der Waals surface area contributed by atoms with Crippen LogP contribution in [0.15, 0.2) is 6.07 Å². The number of benzene rings is 1. The van der Waals surface area contributed by atoms with Crippen LogP contribution in [-0.4, -0.2) is 48.8 Å². The molecule has 1 aromatic carbocycles. The summed E-state index contributed by atoms with van der Waals surface area (Å²) in [5.74, 6) is -2.89. The molecule has 3 aliphatic rings. The summed E-state index contributed by atoms with van der Waals surface area (Å²) in [6.45, 7) is 3.38. The maximum atomic E-state index is 13.1. The first-order chi connectivity index (χ1) is 13.1. The largest absolute Gasteiger partial charge is 0.465 e. The standard InChI is InChI=1S/C20H24ClF2NO4/c1-11-14(18(25)26-3)8-15(21)17-16(11)27-19(2,28-17)12-4-6-13(7-5-12)24-9-20(22,23)10-24/h8,12-13H,4-7,9-10H2,1-3H3/t12?,13?,19-/m1/s1. The SMILES string of the molecule is COC(=O)c1cc(Cl)c2c(c1C)O[C@@](C)(C1CCC(N3CC(F)(F)C3)CC1)O2. The summed E-state index contributed by atoms with van der Waals surface area (Å²) in [6.07, 6.45) is 3.30. The second kappa shape index (κ2) is 6.73. The van der Waals surface area contributed by atoms with E-state index >= 15 is 0 Å². The lowest BCUT2D eigenvalue weighted by Crippen LogP contribution is -2.61. The lowest BCUT2D eigenvalue weighted by molar-refractivity contribution is -0.162. The van der Waals surface area contributed by atoms with Crippen molar-refractivity contribution in [2.45, 2.75) is 57.3 Å². The Hall–Kier alpha value is -1.60. The molecular formula is C20H24ClF2NO4. The van der Waals surface area contributed by atoms with Crippen molar-refractivity contribution in [2.24, 2.45) is 5.92 Å². The average molecular weight is 416 g/mol. The summed E-state index contributed by atoms with van der Waals surface area (Å²) in [5, 5.41) is 0.307. The van der Waals surface area contributed by atoms with Gasteiger partial charge in [-0.15, -0.1) is 0 Å². The fourth-order valence-corrected chi connectivity index (χ4v) is 4.84. The zero-order chi connectivity index (χ0) is 20.3. The van der Waals surface area contributed by atoms with E-state index in [9.17, 15) is 13.6 Å². The molecule has 1 aliphatic carbocycles. The normalized spacial score (nSPS) is 31.4. The second-order valence-corrected chi connectivity index (χ2v) is 8.57. The lowest BCUT2D eigenvalue weighted by atomic mass is 9.80. The predicted octanol–water partition coefficient (Wildman–Crippen LogP) is 4.43. The molecule has 2 fully saturated rings. The maximum absolute atomic E-state index is 13.1. The van der Waals surface area contributed by atoms with Crippen LogP contribution in [-0.2, 0) is 4.74 Å². The fourth-order valence-electron chi connectivity index (χ4n) is 4.61. The quantitative estimate of drug-likeness (QED) is 0.683. The molecule has 8 heteroatoms. The number of methoxy groups -OCH3 is 1. The molecule has 28 heavy (non-hydrogen) atoms. The molecule has 1 saturated heterocycles. The lowest BCUT2D eigenvalue weighted by Gasteiger charge is -2.47. The van der Waals surface area contributed by atoms with Gasteiger partial charge in [0.2, 0.25) is 0 Å². The Kier molecular flexibility index (Phi) is 4.74. The molecule has 1 atom stereocenters. The number of likely N-dealkylation sites (tertiary alicyclic amines) is 1. The summed E-state index contributed by atoms with van der Waals surface area (Å²) in [7, 11) is 1.32. The fraction of sp³-hybridized carbons (Fsp3) is 0.650. The van der Waals surface area contributed by atoms with Crippen molar-refractivity contribution in [2.75, 3.05) is 20.2 Å². The molecule has 2 heterocycles. The number of carbonyl (C=O) groups excluding carboxylic acids is 1. The molecule has 154 valence electrons.